The molecule has 1 saturated heterocycles. The number of morpholine rings is 1. The van der Waals surface area contributed by atoms with Crippen molar-refractivity contribution in [1.29, 1.82) is 0 Å². The van der Waals surface area contributed by atoms with Gasteiger partial charge in [0.2, 0.25) is 5.13 Å². The van der Waals surface area contributed by atoms with Crippen molar-refractivity contribution >= 4 is 22.5 Å². The summed E-state index contributed by atoms with van der Waals surface area (Å²) in [7, 11) is 0. The maximum Gasteiger partial charge on any atom is 0.323 e. The summed E-state index contributed by atoms with van der Waals surface area (Å²) < 4.78 is 6.12. The Bertz CT molecular complexity index is 687. The summed E-state index contributed by atoms with van der Waals surface area (Å²) in [5.41, 5.74) is 3.80. The van der Waals surface area contributed by atoms with Crippen LogP contribution in [0.2, 0.25) is 0 Å². The van der Waals surface area contributed by atoms with Crippen molar-refractivity contribution in [3.63, 3.8) is 0 Å². The summed E-state index contributed by atoms with van der Waals surface area (Å²) in [5.74, 6) is 0. The Labute approximate surface area is 132 Å². The van der Waals surface area contributed by atoms with Gasteiger partial charge in [-0.1, -0.05) is 35.6 Å². The standard InChI is InChI=1S/C15H16N4O2S/c20-14(17-13-18-16-10-22-13)19-7-8-21-15(9-19)6-5-11-3-1-2-4-12(11)15/h1-4,10H,5-9H2,(H,17,18,20)/t15-/m0/s1. The first-order valence-electron chi connectivity index (χ1n) is 7.31. The third-order valence-electron chi connectivity index (χ3n) is 4.35. The second kappa shape index (κ2) is 5.33. The fourth-order valence-electron chi connectivity index (χ4n) is 3.32. The number of benzene rings is 1. The van der Waals surface area contributed by atoms with E-state index in [1.54, 1.807) is 5.51 Å². The van der Waals surface area contributed by atoms with Gasteiger partial charge >= 0.3 is 6.03 Å². The number of aromatic nitrogens is 2. The summed E-state index contributed by atoms with van der Waals surface area (Å²) in [5, 5.41) is 10.9. The number of hydrogen-bond donors (Lipinski definition) is 1. The van der Waals surface area contributed by atoms with Crippen LogP contribution >= 0.6 is 11.3 Å². The molecule has 6 nitrogen and oxygen atoms in total. The number of aryl methyl sites for hydroxylation is 1. The minimum atomic E-state index is -0.354. The molecule has 1 N–H and O–H groups in total. The molecule has 114 valence electrons. The van der Waals surface area contributed by atoms with Crippen LogP contribution in [0, 0.1) is 0 Å². The predicted octanol–water partition coefficient (Wildman–Crippen LogP) is 2.24. The quantitative estimate of drug-likeness (QED) is 0.876. The monoisotopic (exact) mass is 316 g/mol. The van der Waals surface area contributed by atoms with E-state index in [0.29, 0.717) is 24.8 Å². The molecule has 1 aliphatic carbocycles. The first-order chi connectivity index (χ1) is 10.8. The molecule has 1 aromatic carbocycles. The molecule has 0 bridgehead atoms. The van der Waals surface area contributed by atoms with Crippen molar-refractivity contribution < 1.29 is 9.53 Å². The van der Waals surface area contributed by atoms with Gasteiger partial charge in [0.15, 0.2) is 0 Å². The highest BCUT2D eigenvalue weighted by molar-refractivity contribution is 7.13. The number of urea groups is 1. The Morgan fingerprint density at radius 3 is 3.18 bits per heavy atom. The zero-order valence-electron chi connectivity index (χ0n) is 12.0. The predicted molar refractivity (Wildman–Crippen MR) is 82.9 cm³/mol. The molecular formula is C15H16N4O2S. The fourth-order valence-corrected chi connectivity index (χ4v) is 3.76. The fraction of sp³-hybridized carbons (Fsp3) is 0.400. The number of anilines is 1. The number of rotatable bonds is 1. The lowest BCUT2D eigenvalue weighted by molar-refractivity contribution is -0.100. The van der Waals surface area contributed by atoms with E-state index in [4.69, 9.17) is 4.74 Å². The average Bonchev–Trinajstić information content (AvgIpc) is 3.17. The van der Waals surface area contributed by atoms with E-state index in [2.05, 4.69) is 33.7 Å². The minimum absolute atomic E-state index is 0.135. The molecular weight excluding hydrogens is 300 g/mol. The molecule has 2 heterocycles. The van der Waals surface area contributed by atoms with Crippen LogP contribution in [0.25, 0.3) is 0 Å². The number of carbonyl (C=O) groups is 1. The van der Waals surface area contributed by atoms with E-state index in [0.717, 1.165) is 12.8 Å². The van der Waals surface area contributed by atoms with Crippen molar-refractivity contribution in [3.05, 3.63) is 40.9 Å². The van der Waals surface area contributed by atoms with E-state index in [-0.39, 0.29) is 11.6 Å². The zero-order valence-corrected chi connectivity index (χ0v) is 12.8. The van der Waals surface area contributed by atoms with Gasteiger partial charge in [0.1, 0.15) is 11.1 Å². The summed E-state index contributed by atoms with van der Waals surface area (Å²) in [6, 6.07) is 8.22. The lowest BCUT2D eigenvalue weighted by Gasteiger charge is -2.40. The second-order valence-corrected chi connectivity index (χ2v) is 6.43. The first-order valence-corrected chi connectivity index (χ1v) is 8.19. The van der Waals surface area contributed by atoms with Crippen molar-refractivity contribution in [3.8, 4) is 0 Å². The molecule has 1 atom stereocenters. The molecule has 2 aromatic rings. The van der Waals surface area contributed by atoms with Crippen LogP contribution in [0.5, 0.6) is 0 Å². The molecule has 2 amide bonds. The smallest absolute Gasteiger partial charge is 0.323 e. The van der Waals surface area contributed by atoms with Gasteiger partial charge in [0, 0.05) is 6.54 Å². The number of nitrogens with one attached hydrogen (secondary N) is 1. The highest BCUT2D eigenvalue weighted by Gasteiger charge is 2.44. The Hall–Kier alpha value is -1.99. The largest absolute Gasteiger partial charge is 0.367 e. The molecule has 1 spiro atoms. The highest BCUT2D eigenvalue weighted by atomic mass is 32.1. The van der Waals surface area contributed by atoms with Crippen LogP contribution in [-0.2, 0) is 16.8 Å². The van der Waals surface area contributed by atoms with Crippen LogP contribution in [0.1, 0.15) is 17.5 Å². The number of ether oxygens (including phenoxy) is 1. The summed E-state index contributed by atoms with van der Waals surface area (Å²) in [6.07, 6.45) is 1.93. The maximum atomic E-state index is 12.4. The average molecular weight is 316 g/mol. The highest BCUT2D eigenvalue weighted by Crippen LogP contribution is 2.42. The molecule has 1 aliphatic heterocycles. The van der Waals surface area contributed by atoms with Gasteiger partial charge in [0.05, 0.1) is 13.2 Å². The maximum absolute atomic E-state index is 12.4. The van der Waals surface area contributed by atoms with Crippen LogP contribution in [0.4, 0.5) is 9.93 Å². The van der Waals surface area contributed by atoms with Gasteiger partial charge in [0.25, 0.3) is 0 Å². The Morgan fingerprint density at radius 1 is 1.41 bits per heavy atom. The molecule has 7 heteroatoms. The van der Waals surface area contributed by atoms with Gasteiger partial charge < -0.3 is 9.64 Å². The number of carbonyl (C=O) groups excluding carboxylic acids is 1. The SMILES string of the molecule is O=C(Nc1nncs1)N1CCO[C@@]2(CCc3ccccc32)C1. The summed E-state index contributed by atoms with van der Waals surface area (Å²) >= 11 is 1.32. The van der Waals surface area contributed by atoms with Crippen LogP contribution in [0.3, 0.4) is 0 Å². The summed E-state index contributed by atoms with van der Waals surface area (Å²) in [6.45, 7) is 1.72. The molecule has 0 saturated carbocycles. The van der Waals surface area contributed by atoms with Gasteiger partial charge in [-0.25, -0.2) is 4.79 Å². The molecule has 1 fully saturated rings. The Morgan fingerprint density at radius 2 is 2.32 bits per heavy atom. The Kier molecular flexibility index (Phi) is 3.31. The van der Waals surface area contributed by atoms with Crippen LogP contribution in [0.15, 0.2) is 29.8 Å². The van der Waals surface area contributed by atoms with Gasteiger partial charge in [-0.15, -0.1) is 10.2 Å². The lowest BCUT2D eigenvalue weighted by Crippen LogP contribution is -2.52. The molecule has 0 radical (unpaired) electrons. The molecule has 22 heavy (non-hydrogen) atoms. The van der Waals surface area contributed by atoms with E-state index in [1.807, 2.05) is 11.0 Å². The lowest BCUT2D eigenvalue weighted by atomic mass is 9.94. The van der Waals surface area contributed by atoms with E-state index < -0.39 is 0 Å². The second-order valence-electron chi connectivity index (χ2n) is 5.60. The van der Waals surface area contributed by atoms with E-state index >= 15 is 0 Å². The third kappa shape index (κ3) is 2.26. The van der Waals surface area contributed by atoms with Crippen molar-refractivity contribution in [1.82, 2.24) is 15.1 Å². The molecule has 4 rings (SSSR count). The molecule has 0 unspecified atom stereocenters. The number of hydrogen-bond acceptors (Lipinski definition) is 5. The van der Waals surface area contributed by atoms with Crippen molar-refractivity contribution in [2.75, 3.05) is 25.0 Å². The van der Waals surface area contributed by atoms with E-state index in [1.165, 1.54) is 22.5 Å². The van der Waals surface area contributed by atoms with Crippen LogP contribution < -0.4 is 5.32 Å². The Balaban J connectivity index is 1.54. The number of fused-ring (bicyclic) bond motifs is 2. The van der Waals surface area contributed by atoms with Gasteiger partial charge in [-0.2, -0.15) is 0 Å². The van der Waals surface area contributed by atoms with Crippen molar-refractivity contribution in [2.24, 2.45) is 0 Å². The van der Waals surface area contributed by atoms with Crippen molar-refractivity contribution in [2.45, 2.75) is 18.4 Å². The number of amides is 2. The summed E-state index contributed by atoms with van der Waals surface area (Å²) in [4.78, 5) is 14.2. The minimum Gasteiger partial charge on any atom is -0.367 e. The van der Waals surface area contributed by atoms with Gasteiger partial charge in [-0.05, 0) is 24.0 Å². The third-order valence-corrected chi connectivity index (χ3v) is 4.96. The topological polar surface area (TPSA) is 67.4 Å². The normalized spacial score (nSPS) is 23.5. The van der Waals surface area contributed by atoms with Gasteiger partial charge in [-0.3, -0.25) is 5.32 Å². The molecule has 2 aliphatic rings. The number of nitrogens with zero attached hydrogens (tertiary/aromatic N) is 3. The van der Waals surface area contributed by atoms with Crippen LogP contribution in [-0.4, -0.2) is 40.8 Å². The first kappa shape index (κ1) is 13.7. The van der Waals surface area contributed by atoms with E-state index in [9.17, 15) is 4.79 Å². The zero-order chi connectivity index (χ0) is 15.0. The molecule has 1 aromatic heterocycles.